The first-order chi connectivity index (χ1) is 8.55. The van der Waals surface area contributed by atoms with Crippen LogP contribution in [-0.2, 0) is 16.6 Å². The van der Waals surface area contributed by atoms with Crippen LogP contribution in [0.4, 0.5) is 0 Å². The third-order valence-corrected chi connectivity index (χ3v) is 6.10. The SMILES string of the molecule is CCNCc1sccc1S(=O)(=O)N(C)CC1CC1. The largest absolute Gasteiger partial charge is 0.312 e. The van der Waals surface area contributed by atoms with E-state index in [0.717, 1.165) is 24.3 Å². The fourth-order valence-electron chi connectivity index (χ4n) is 1.86. The predicted molar refractivity (Wildman–Crippen MR) is 74.2 cm³/mol. The lowest BCUT2D eigenvalue weighted by Gasteiger charge is -2.17. The molecule has 0 radical (unpaired) electrons. The summed E-state index contributed by atoms with van der Waals surface area (Å²) in [6.45, 7) is 4.13. The van der Waals surface area contributed by atoms with Gasteiger partial charge in [-0.15, -0.1) is 11.3 Å². The van der Waals surface area contributed by atoms with E-state index in [1.165, 1.54) is 15.6 Å². The van der Waals surface area contributed by atoms with Crippen molar-refractivity contribution >= 4 is 21.4 Å². The molecule has 1 saturated carbocycles. The molecule has 18 heavy (non-hydrogen) atoms. The van der Waals surface area contributed by atoms with E-state index in [-0.39, 0.29) is 0 Å². The summed E-state index contributed by atoms with van der Waals surface area (Å²) in [7, 11) is -1.63. The van der Waals surface area contributed by atoms with Crippen molar-refractivity contribution in [3.8, 4) is 0 Å². The Morgan fingerprint density at radius 2 is 2.22 bits per heavy atom. The Bertz CT molecular complexity index is 492. The smallest absolute Gasteiger partial charge is 0.243 e. The van der Waals surface area contributed by atoms with Crippen molar-refractivity contribution in [3.05, 3.63) is 16.3 Å². The minimum atomic E-state index is -3.31. The van der Waals surface area contributed by atoms with Crippen molar-refractivity contribution in [2.45, 2.75) is 31.2 Å². The molecule has 1 aromatic rings. The van der Waals surface area contributed by atoms with Crippen LogP contribution in [0.3, 0.4) is 0 Å². The Morgan fingerprint density at radius 1 is 1.50 bits per heavy atom. The van der Waals surface area contributed by atoms with E-state index in [4.69, 9.17) is 0 Å². The molecular formula is C12H20N2O2S2. The second-order valence-corrected chi connectivity index (χ2v) is 7.73. The lowest BCUT2D eigenvalue weighted by molar-refractivity contribution is 0.452. The molecule has 0 saturated heterocycles. The van der Waals surface area contributed by atoms with E-state index in [2.05, 4.69) is 5.32 Å². The maximum atomic E-state index is 12.4. The average molecular weight is 288 g/mol. The Hall–Kier alpha value is -0.430. The summed E-state index contributed by atoms with van der Waals surface area (Å²) in [5.74, 6) is 0.570. The van der Waals surface area contributed by atoms with Gasteiger partial charge in [0.05, 0.1) is 4.90 Å². The van der Waals surface area contributed by atoms with Crippen molar-refractivity contribution in [1.29, 1.82) is 0 Å². The van der Waals surface area contributed by atoms with Crippen LogP contribution in [0.2, 0.25) is 0 Å². The van der Waals surface area contributed by atoms with Gasteiger partial charge < -0.3 is 5.32 Å². The summed E-state index contributed by atoms with van der Waals surface area (Å²) in [5.41, 5.74) is 0. The van der Waals surface area contributed by atoms with Gasteiger partial charge in [0.15, 0.2) is 0 Å². The van der Waals surface area contributed by atoms with Crippen molar-refractivity contribution in [2.75, 3.05) is 20.1 Å². The Balaban J connectivity index is 2.14. The number of nitrogens with one attached hydrogen (secondary N) is 1. The van der Waals surface area contributed by atoms with Crippen LogP contribution < -0.4 is 5.32 Å². The maximum Gasteiger partial charge on any atom is 0.243 e. The van der Waals surface area contributed by atoms with E-state index in [0.29, 0.717) is 23.9 Å². The highest BCUT2D eigenvalue weighted by Gasteiger charge is 2.30. The van der Waals surface area contributed by atoms with Gasteiger partial charge in [0.1, 0.15) is 0 Å². The van der Waals surface area contributed by atoms with Crippen LogP contribution in [0.25, 0.3) is 0 Å². The first kappa shape index (κ1) is 14.0. The molecule has 4 nitrogen and oxygen atoms in total. The van der Waals surface area contributed by atoms with Gasteiger partial charge in [-0.3, -0.25) is 0 Å². The molecule has 0 unspecified atom stereocenters. The highest BCUT2D eigenvalue weighted by molar-refractivity contribution is 7.89. The molecule has 1 aromatic heterocycles. The van der Waals surface area contributed by atoms with Crippen molar-refractivity contribution in [2.24, 2.45) is 5.92 Å². The van der Waals surface area contributed by atoms with E-state index in [1.807, 2.05) is 12.3 Å². The number of hydrogen-bond acceptors (Lipinski definition) is 4. The molecule has 6 heteroatoms. The number of thiophene rings is 1. The second-order valence-electron chi connectivity index (χ2n) is 4.72. The molecule has 0 bridgehead atoms. The normalized spacial score (nSPS) is 16.4. The molecule has 0 amide bonds. The highest BCUT2D eigenvalue weighted by atomic mass is 32.2. The van der Waals surface area contributed by atoms with Crippen molar-refractivity contribution < 1.29 is 8.42 Å². The highest BCUT2D eigenvalue weighted by Crippen LogP contribution is 2.32. The molecule has 1 aliphatic carbocycles. The van der Waals surface area contributed by atoms with Gasteiger partial charge in [-0.1, -0.05) is 6.92 Å². The minimum absolute atomic E-state index is 0.469. The monoisotopic (exact) mass is 288 g/mol. The third kappa shape index (κ3) is 3.12. The van der Waals surface area contributed by atoms with E-state index < -0.39 is 10.0 Å². The standard InChI is InChI=1S/C12H20N2O2S2/c1-3-13-8-11-12(6-7-17-11)18(15,16)14(2)9-10-4-5-10/h6-7,10,13H,3-5,8-9H2,1-2H3. The molecule has 1 heterocycles. The molecule has 1 fully saturated rings. The zero-order valence-corrected chi connectivity index (χ0v) is 12.5. The summed E-state index contributed by atoms with van der Waals surface area (Å²) >= 11 is 1.50. The first-order valence-corrected chi connectivity index (χ1v) is 8.61. The molecular weight excluding hydrogens is 268 g/mol. The minimum Gasteiger partial charge on any atom is -0.312 e. The summed E-state index contributed by atoms with van der Waals surface area (Å²) in [4.78, 5) is 1.37. The van der Waals surface area contributed by atoms with Crippen molar-refractivity contribution in [3.63, 3.8) is 0 Å². The molecule has 1 aliphatic rings. The molecule has 0 atom stereocenters. The van der Waals surface area contributed by atoms with Gasteiger partial charge in [-0.25, -0.2) is 12.7 Å². The number of rotatable bonds is 7. The van der Waals surface area contributed by atoms with Crippen LogP contribution in [0, 0.1) is 5.92 Å². The fourth-order valence-corrected chi connectivity index (χ4v) is 4.48. The quantitative estimate of drug-likeness (QED) is 0.833. The molecule has 0 aromatic carbocycles. The van der Waals surface area contributed by atoms with Crippen LogP contribution >= 0.6 is 11.3 Å². The van der Waals surface area contributed by atoms with Gasteiger partial charge in [0, 0.05) is 25.0 Å². The van der Waals surface area contributed by atoms with Gasteiger partial charge in [0.25, 0.3) is 0 Å². The van der Waals surface area contributed by atoms with Crippen molar-refractivity contribution in [1.82, 2.24) is 9.62 Å². The zero-order chi connectivity index (χ0) is 13.2. The first-order valence-electron chi connectivity index (χ1n) is 6.29. The van der Waals surface area contributed by atoms with Crippen LogP contribution in [0.15, 0.2) is 16.3 Å². The average Bonchev–Trinajstić information content (AvgIpc) is 3.01. The Labute approximate surface area is 113 Å². The lowest BCUT2D eigenvalue weighted by Crippen LogP contribution is -2.29. The van der Waals surface area contributed by atoms with Gasteiger partial charge in [-0.05, 0) is 36.8 Å². The van der Waals surface area contributed by atoms with Crippen LogP contribution in [-0.4, -0.2) is 32.9 Å². The number of hydrogen-bond donors (Lipinski definition) is 1. The van der Waals surface area contributed by atoms with E-state index >= 15 is 0 Å². The maximum absolute atomic E-state index is 12.4. The number of sulfonamides is 1. The van der Waals surface area contributed by atoms with Gasteiger partial charge >= 0.3 is 0 Å². The zero-order valence-electron chi connectivity index (χ0n) is 10.8. The van der Waals surface area contributed by atoms with E-state index in [9.17, 15) is 8.42 Å². The summed E-state index contributed by atoms with van der Waals surface area (Å²) in [6, 6.07) is 1.72. The van der Waals surface area contributed by atoms with Crippen LogP contribution in [0.1, 0.15) is 24.6 Å². The van der Waals surface area contributed by atoms with Gasteiger partial charge in [0.2, 0.25) is 10.0 Å². The van der Waals surface area contributed by atoms with Gasteiger partial charge in [-0.2, -0.15) is 0 Å². The molecule has 0 spiro atoms. The number of nitrogens with zero attached hydrogens (tertiary/aromatic N) is 1. The summed E-state index contributed by atoms with van der Waals surface area (Å²) in [6.07, 6.45) is 2.32. The van der Waals surface area contributed by atoms with Crippen LogP contribution in [0.5, 0.6) is 0 Å². The third-order valence-electron chi connectivity index (χ3n) is 3.14. The molecule has 1 N–H and O–H groups in total. The Morgan fingerprint density at radius 3 is 2.83 bits per heavy atom. The Kier molecular flexibility index (Phi) is 4.42. The topological polar surface area (TPSA) is 49.4 Å². The summed E-state index contributed by atoms with van der Waals surface area (Å²) < 4.78 is 26.4. The molecule has 2 rings (SSSR count). The summed E-state index contributed by atoms with van der Waals surface area (Å²) in [5, 5.41) is 5.03. The predicted octanol–water partition coefficient (Wildman–Crippen LogP) is 1.89. The molecule has 102 valence electrons. The molecule has 0 aliphatic heterocycles. The lowest BCUT2D eigenvalue weighted by atomic mass is 10.4. The second kappa shape index (κ2) is 5.69. The fraction of sp³-hybridized carbons (Fsp3) is 0.667. The van der Waals surface area contributed by atoms with E-state index in [1.54, 1.807) is 13.1 Å².